The number of carbonyl (C=O) groups is 1. The highest BCUT2D eigenvalue weighted by atomic mass is 19.1. The molecule has 1 fully saturated rings. The third kappa shape index (κ3) is 2.82. The van der Waals surface area contributed by atoms with E-state index in [-0.39, 0.29) is 23.6 Å². The number of hydrogen-bond donors (Lipinski definition) is 1. The molecule has 0 aliphatic heterocycles. The lowest BCUT2D eigenvalue weighted by atomic mass is 10.1. The molecule has 2 atom stereocenters. The van der Waals surface area contributed by atoms with Crippen LogP contribution in [0.1, 0.15) is 23.5 Å². The fraction of sp³-hybridized carbons (Fsp3) is 0.278. The average molecular weight is 299 g/mol. The van der Waals surface area contributed by atoms with Crippen molar-refractivity contribution in [2.24, 2.45) is 5.92 Å². The van der Waals surface area contributed by atoms with Gasteiger partial charge >= 0.3 is 0 Å². The van der Waals surface area contributed by atoms with E-state index in [0.29, 0.717) is 23.4 Å². The maximum absolute atomic E-state index is 13.8. The van der Waals surface area contributed by atoms with Crippen LogP contribution in [0.25, 0.3) is 0 Å². The number of rotatable bonds is 4. The monoisotopic (exact) mass is 299 g/mol. The van der Waals surface area contributed by atoms with Crippen molar-refractivity contribution in [2.45, 2.75) is 19.3 Å². The van der Waals surface area contributed by atoms with Crippen molar-refractivity contribution in [3.8, 4) is 5.75 Å². The van der Waals surface area contributed by atoms with Crippen LogP contribution in [-0.2, 0) is 4.79 Å². The van der Waals surface area contributed by atoms with E-state index in [1.807, 2.05) is 25.1 Å². The normalized spacial score (nSPS) is 19.6. The summed E-state index contributed by atoms with van der Waals surface area (Å²) in [4.78, 5) is 12.4. The topological polar surface area (TPSA) is 38.3 Å². The van der Waals surface area contributed by atoms with Crippen molar-refractivity contribution >= 4 is 11.6 Å². The number of halogens is 1. The van der Waals surface area contributed by atoms with Gasteiger partial charge in [-0.2, -0.15) is 0 Å². The van der Waals surface area contributed by atoms with Crippen LogP contribution in [0, 0.1) is 18.7 Å². The van der Waals surface area contributed by atoms with Gasteiger partial charge in [-0.05, 0) is 48.6 Å². The Kier molecular flexibility index (Phi) is 3.84. The molecular formula is C18H18FNO2. The van der Waals surface area contributed by atoms with Gasteiger partial charge in [-0.1, -0.05) is 24.3 Å². The molecule has 3 nitrogen and oxygen atoms in total. The van der Waals surface area contributed by atoms with E-state index in [9.17, 15) is 9.18 Å². The summed E-state index contributed by atoms with van der Waals surface area (Å²) in [6.45, 7) is 1.95. The molecule has 0 heterocycles. The molecule has 4 heteroatoms. The van der Waals surface area contributed by atoms with Crippen LogP contribution in [-0.4, -0.2) is 13.0 Å². The highest BCUT2D eigenvalue weighted by Crippen LogP contribution is 2.49. The summed E-state index contributed by atoms with van der Waals surface area (Å²) in [5.41, 5.74) is 2.32. The molecule has 0 spiro atoms. The predicted octanol–water partition coefficient (Wildman–Crippen LogP) is 3.88. The number of ether oxygens (including phenoxy) is 1. The number of hydrogen-bond acceptors (Lipinski definition) is 2. The molecule has 22 heavy (non-hydrogen) atoms. The molecule has 1 saturated carbocycles. The number of amides is 1. The van der Waals surface area contributed by atoms with E-state index in [0.717, 1.165) is 5.56 Å². The first-order valence-corrected chi connectivity index (χ1v) is 7.30. The minimum absolute atomic E-state index is 0.0306. The molecule has 3 rings (SSSR count). The van der Waals surface area contributed by atoms with Crippen LogP contribution in [0.3, 0.4) is 0 Å². The van der Waals surface area contributed by atoms with E-state index >= 15 is 0 Å². The average Bonchev–Trinajstić information content (AvgIpc) is 3.28. The lowest BCUT2D eigenvalue weighted by Crippen LogP contribution is -2.15. The molecule has 2 aromatic carbocycles. The van der Waals surface area contributed by atoms with Crippen LogP contribution < -0.4 is 10.1 Å². The Balaban J connectivity index is 1.72. The van der Waals surface area contributed by atoms with Gasteiger partial charge in [0.2, 0.25) is 5.91 Å². The van der Waals surface area contributed by atoms with Crippen molar-refractivity contribution in [1.29, 1.82) is 0 Å². The van der Waals surface area contributed by atoms with Gasteiger partial charge in [0.25, 0.3) is 0 Å². The van der Waals surface area contributed by atoms with Crippen LogP contribution in [0.4, 0.5) is 10.1 Å². The first kappa shape index (κ1) is 14.6. The van der Waals surface area contributed by atoms with Crippen LogP contribution in [0.2, 0.25) is 0 Å². The Morgan fingerprint density at radius 2 is 2.05 bits per heavy atom. The molecule has 1 aliphatic rings. The summed E-state index contributed by atoms with van der Waals surface area (Å²) in [5.74, 6) is 0.0919. The SMILES string of the molecule is COc1ccc(C)cc1NC(=O)C1CC1c1ccccc1F. The molecular weight excluding hydrogens is 281 g/mol. The quantitative estimate of drug-likeness (QED) is 0.930. The van der Waals surface area contributed by atoms with Crippen molar-refractivity contribution < 1.29 is 13.9 Å². The van der Waals surface area contributed by atoms with Crippen molar-refractivity contribution in [3.05, 3.63) is 59.4 Å². The third-order valence-electron chi connectivity index (χ3n) is 4.04. The molecule has 114 valence electrons. The Bertz CT molecular complexity index is 714. The van der Waals surface area contributed by atoms with Crippen molar-refractivity contribution in [3.63, 3.8) is 0 Å². The summed E-state index contributed by atoms with van der Waals surface area (Å²) in [6.07, 6.45) is 0.681. The third-order valence-corrected chi connectivity index (χ3v) is 4.04. The number of methoxy groups -OCH3 is 1. The van der Waals surface area contributed by atoms with Crippen molar-refractivity contribution in [2.75, 3.05) is 12.4 Å². The fourth-order valence-electron chi connectivity index (χ4n) is 2.75. The standard InChI is InChI=1S/C18H18FNO2/c1-11-7-8-17(22-2)16(9-11)20-18(21)14-10-13(14)12-5-3-4-6-15(12)19/h3-9,13-14H,10H2,1-2H3,(H,20,21). The van der Waals surface area contributed by atoms with Crippen LogP contribution in [0.5, 0.6) is 5.75 Å². The van der Waals surface area contributed by atoms with Crippen molar-refractivity contribution in [1.82, 2.24) is 0 Å². The van der Waals surface area contributed by atoms with Gasteiger partial charge in [0, 0.05) is 5.92 Å². The van der Waals surface area contributed by atoms with E-state index in [2.05, 4.69) is 5.32 Å². The zero-order chi connectivity index (χ0) is 15.7. The zero-order valence-corrected chi connectivity index (χ0v) is 12.6. The van der Waals surface area contributed by atoms with Crippen LogP contribution >= 0.6 is 0 Å². The Labute approximate surface area is 129 Å². The van der Waals surface area contributed by atoms with E-state index < -0.39 is 0 Å². The molecule has 0 bridgehead atoms. The molecule has 1 amide bonds. The summed E-state index contributed by atoms with van der Waals surface area (Å²) in [5, 5.41) is 2.90. The smallest absolute Gasteiger partial charge is 0.228 e. The number of aryl methyl sites for hydroxylation is 1. The molecule has 1 aliphatic carbocycles. The number of benzene rings is 2. The number of nitrogens with one attached hydrogen (secondary N) is 1. The second kappa shape index (κ2) is 5.79. The second-order valence-electron chi connectivity index (χ2n) is 5.66. The first-order valence-electron chi connectivity index (χ1n) is 7.30. The molecule has 0 saturated heterocycles. The van der Waals surface area contributed by atoms with Crippen LogP contribution in [0.15, 0.2) is 42.5 Å². The summed E-state index contributed by atoms with van der Waals surface area (Å²) >= 11 is 0. The summed E-state index contributed by atoms with van der Waals surface area (Å²) in [6, 6.07) is 12.3. The van der Waals surface area contributed by atoms with Gasteiger partial charge < -0.3 is 10.1 Å². The number of anilines is 1. The lowest BCUT2D eigenvalue weighted by Gasteiger charge is -2.11. The molecule has 2 unspecified atom stereocenters. The number of carbonyl (C=O) groups excluding carboxylic acids is 1. The van der Waals surface area contributed by atoms with Gasteiger partial charge in [0.15, 0.2) is 0 Å². The van der Waals surface area contributed by atoms with E-state index in [1.165, 1.54) is 6.07 Å². The zero-order valence-electron chi connectivity index (χ0n) is 12.6. The first-order chi connectivity index (χ1) is 10.6. The minimum atomic E-state index is -0.240. The highest BCUT2D eigenvalue weighted by molar-refractivity contribution is 5.96. The van der Waals surface area contributed by atoms with Gasteiger partial charge in [0.1, 0.15) is 11.6 Å². The largest absolute Gasteiger partial charge is 0.495 e. The maximum Gasteiger partial charge on any atom is 0.228 e. The second-order valence-corrected chi connectivity index (χ2v) is 5.66. The van der Waals surface area contributed by atoms with E-state index in [1.54, 1.807) is 25.3 Å². The van der Waals surface area contributed by atoms with E-state index in [4.69, 9.17) is 4.74 Å². The molecule has 0 aromatic heterocycles. The fourth-order valence-corrected chi connectivity index (χ4v) is 2.75. The molecule has 0 radical (unpaired) electrons. The molecule has 1 N–H and O–H groups in total. The summed E-state index contributed by atoms with van der Waals surface area (Å²) < 4.78 is 19.0. The molecule has 2 aromatic rings. The highest BCUT2D eigenvalue weighted by Gasteiger charge is 2.45. The Hall–Kier alpha value is -2.36. The summed E-state index contributed by atoms with van der Waals surface area (Å²) in [7, 11) is 1.57. The Morgan fingerprint density at radius 1 is 1.27 bits per heavy atom. The minimum Gasteiger partial charge on any atom is -0.495 e. The Morgan fingerprint density at radius 3 is 2.77 bits per heavy atom. The predicted molar refractivity (Wildman–Crippen MR) is 83.6 cm³/mol. The van der Waals surface area contributed by atoms with Gasteiger partial charge in [-0.3, -0.25) is 4.79 Å². The van der Waals surface area contributed by atoms with Gasteiger partial charge in [-0.25, -0.2) is 4.39 Å². The van der Waals surface area contributed by atoms with Gasteiger partial charge in [0.05, 0.1) is 12.8 Å². The maximum atomic E-state index is 13.8. The van der Waals surface area contributed by atoms with Gasteiger partial charge in [-0.15, -0.1) is 0 Å². The lowest BCUT2D eigenvalue weighted by molar-refractivity contribution is -0.117.